The molecule has 2 aromatic rings. The molecule has 0 aliphatic heterocycles. The molecule has 1 aromatic heterocycles. The fraction of sp³-hybridized carbons (Fsp3) is 0.0833. The van der Waals surface area contributed by atoms with Gasteiger partial charge in [-0.15, -0.1) is 0 Å². The molecule has 0 radical (unpaired) electrons. The minimum absolute atomic E-state index is 0.225. The van der Waals surface area contributed by atoms with E-state index in [1.54, 1.807) is 19.1 Å². The lowest BCUT2D eigenvalue weighted by Gasteiger charge is -2.08. The first-order valence-electron chi connectivity index (χ1n) is 5.70. The maximum atomic E-state index is 11.4. The van der Waals surface area contributed by atoms with Gasteiger partial charge in [0.05, 0.1) is 11.1 Å². The smallest absolute Gasteiger partial charge is 0.331 e. The number of nitrogens with two attached hydrogens (primary N) is 1. The second-order valence-electron chi connectivity index (χ2n) is 4.14. The second-order valence-corrected chi connectivity index (χ2v) is 5.67. The molecule has 0 fully saturated rings. The summed E-state index contributed by atoms with van der Waals surface area (Å²) in [7, 11) is -4.24. The molecule has 1 heterocycles. The van der Waals surface area contributed by atoms with Gasteiger partial charge in [0.15, 0.2) is 4.90 Å². The van der Waals surface area contributed by atoms with Crippen LogP contribution in [0.1, 0.15) is 5.69 Å². The fourth-order valence-corrected chi connectivity index (χ4v) is 2.35. The summed E-state index contributed by atoms with van der Waals surface area (Å²) >= 11 is 0. The van der Waals surface area contributed by atoms with Crippen LogP contribution in [0.4, 0.5) is 5.69 Å². The van der Waals surface area contributed by atoms with Gasteiger partial charge in [-0.05, 0) is 31.2 Å². The van der Waals surface area contributed by atoms with Crippen LogP contribution in [0.25, 0.3) is 0 Å². The summed E-state index contributed by atoms with van der Waals surface area (Å²) in [5.41, 5.74) is 0.0377. The molecule has 0 spiro atoms. The van der Waals surface area contributed by atoms with E-state index in [1.165, 1.54) is 18.3 Å². The van der Waals surface area contributed by atoms with Crippen molar-refractivity contribution in [2.45, 2.75) is 11.8 Å². The molecular weight excluding hydrogens is 298 g/mol. The highest BCUT2D eigenvalue weighted by Gasteiger charge is 2.28. The quantitative estimate of drug-likeness (QED) is 0.677. The number of hydrogen-bond donors (Lipinski definition) is 1. The summed E-state index contributed by atoms with van der Waals surface area (Å²) in [6.07, 6.45) is 1.38. The first kappa shape index (κ1) is 14.9. The lowest BCUT2D eigenvalue weighted by atomic mass is 10.3. The SMILES string of the molecule is Cc1ccc(Oc2cccc(S(N)(=O)=O)c2[N+](=O)[O-])cn1. The van der Waals surface area contributed by atoms with Crippen molar-refractivity contribution in [3.8, 4) is 11.5 Å². The Balaban J connectivity index is 2.54. The summed E-state index contributed by atoms with van der Waals surface area (Å²) < 4.78 is 28.2. The third kappa shape index (κ3) is 3.33. The lowest BCUT2D eigenvalue weighted by Crippen LogP contribution is -2.14. The Morgan fingerprint density at radius 3 is 2.52 bits per heavy atom. The molecule has 0 atom stereocenters. The maximum absolute atomic E-state index is 11.4. The Hall–Kier alpha value is -2.52. The van der Waals surface area contributed by atoms with Crippen molar-refractivity contribution in [1.29, 1.82) is 0 Å². The van der Waals surface area contributed by atoms with Gasteiger partial charge >= 0.3 is 5.69 Å². The molecule has 9 heteroatoms. The number of hydrogen-bond acceptors (Lipinski definition) is 6. The molecule has 0 unspecified atom stereocenters. The van der Waals surface area contributed by atoms with E-state index in [-0.39, 0.29) is 11.5 Å². The molecule has 0 amide bonds. The van der Waals surface area contributed by atoms with Crippen molar-refractivity contribution >= 4 is 15.7 Å². The third-order valence-corrected chi connectivity index (χ3v) is 3.51. The van der Waals surface area contributed by atoms with E-state index in [1.807, 2.05) is 0 Å². The molecule has 2 N–H and O–H groups in total. The highest BCUT2D eigenvalue weighted by Crippen LogP contribution is 2.35. The minimum atomic E-state index is -4.24. The van der Waals surface area contributed by atoms with Crippen LogP contribution in [0.15, 0.2) is 41.4 Å². The van der Waals surface area contributed by atoms with Gasteiger partial charge in [0.1, 0.15) is 5.75 Å². The molecule has 2 rings (SSSR count). The number of nitro groups is 1. The Labute approximate surface area is 120 Å². The first-order chi connectivity index (χ1) is 9.79. The van der Waals surface area contributed by atoms with Crippen LogP contribution in [0.2, 0.25) is 0 Å². The molecule has 110 valence electrons. The number of ether oxygens (including phenoxy) is 1. The number of rotatable bonds is 4. The molecule has 21 heavy (non-hydrogen) atoms. The number of benzene rings is 1. The van der Waals surface area contributed by atoms with E-state index in [0.29, 0.717) is 0 Å². The van der Waals surface area contributed by atoms with Crippen molar-refractivity contribution in [3.63, 3.8) is 0 Å². The predicted molar refractivity (Wildman–Crippen MR) is 73.5 cm³/mol. The van der Waals surface area contributed by atoms with E-state index >= 15 is 0 Å². The molecule has 0 aliphatic carbocycles. The van der Waals surface area contributed by atoms with E-state index in [2.05, 4.69) is 4.98 Å². The van der Waals surface area contributed by atoms with Gasteiger partial charge in [0.2, 0.25) is 15.8 Å². The predicted octanol–water partition coefficient (Wildman–Crippen LogP) is 1.74. The van der Waals surface area contributed by atoms with Gasteiger partial charge in [0.25, 0.3) is 0 Å². The molecule has 8 nitrogen and oxygen atoms in total. The topological polar surface area (TPSA) is 125 Å². The summed E-state index contributed by atoms with van der Waals surface area (Å²) in [6.45, 7) is 1.77. The Kier molecular flexibility index (Phi) is 3.87. The van der Waals surface area contributed by atoms with Gasteiger partial charge in [0, 0.05) is 5.69 Å². The summed E-state index contributed by atoms with van der Waals surface area (Å²) in [4.78, 5) is 13.6. The van der Waals surface area contributed by atoms with Crippen LogP contribution >= 0.6 is 0 Å². The Morgan fingerprint density at radius 1 is 1.29 bits per heavy atom. The van der Waals surface area contributed by atoms with E-state index in [0.717, 1.165) is 11.8 Å². The van der Waals surface area contributed by atoms with Crippen molar-refractivity contribution < 1.29 is 18.1 Å². The van der Waals surface area contributed by atoms with Crippen molar-refractivity contribution in [3.05, 3.63) is 52.3 Å². The number of nitro benzene ring substituents is 1. The number of nitrogens with zero attached hydrogens (tertiary/aromatic N) is 2. The summed E-state index contributed by atoms with van der Waals surface area (Å²) in [5.74, 6) is 0.0208. The zero-order chi connectivity index (χ0) is 15.6. The van der Waals surface area contributed by atoms with Gasteiger partial charge in [-0.25, -0.2) is 13.6 Å². The van der Waals surface area contributed by atoms with Crippen molar-refractivity contribution in [1.82, 2.24) is 4.98 Å². The van der Waals surface area contributed by atoms with Gasteiger partial charge < -0.3 is 4.74 Å². The van der Waals surface area contributed by atoms with Crippen LogP contribution < -0.4 is 9.88 Å². The van der Waals surface area contributed by atoms with Gasteiger partial charge in [-0.3, -0.25) is 15.1 Å². The molecule has 0 aliphatic rings. The number of aryl methyl sites for hydroxylation is 1. The molecular formula is C12H11N3O5S. The van der Waals surface area contributed by atoms with Crippen LogP contribution in [0.3, 0.4) is 0 Å². The fourth-order valence-electron chi connectivity index (χ4n) is 1.64. The largest absolute Gasteiger partial charge is 0.448 e. The highest BCUT2D eigenvalue weighted by atomic mass is 32.2. The minimum Gasteiger partial charge on any atom is -0.448 e. The van der Waals surface area contributed by atoms with Crippen LogP contribution in [-0.2, 0) is 10.0 Å². The highest BCUT2D eigenvalue weighted by molar-refractivity contribution is 7.89. The molecule has 0 bridgehead atoms. The van der Waals surface area contributed by atoms with Crippen LogP contribution in [0, 0.1) is 17.0 Å². The van der Waals surface area contributed by atoms with Crippen molar-refractivity contribution in [2.75, 3.05) is 0 Å². The van der Waals surface area contributed by atoms with Crippen LogP contribution in [0.5, 0.6) is 11.5 Å². The maximum Gasteiger partial charge on any atom is 0.331 e. The summed E-state index contributed by atoms with van der Waals surface area (Å²) in [6, 6.07) is 6.87. The average Bonchev–Trinajstić information content (AvgIpc) is 2.40. The number of para-hydroxylation sites is 1. The molecule has 1 aromatic carbocycles. The molecule has 0 saturated heterocycles. The Bertz CT molecular complexity index is 787. The molecule has 0 saturated carbocycles. The normalized spacial score (nSPS) is 11.1. The standard InChI is InChI=1S/C12H11N3O5S/c1-8-5-6-9(7-14-8)20-10-3-2-4-11(21(13,18)19)12(10)15(16)17/h2-7H,1H3,(H2,13,18,19). The van der Waals surface area contributed by atoms with Crippen molar-refractivity contribution in [2.24, 2.45) is 5.14 Å². The Morgan fingerprint density at radius 2 is 2.00 bits per heavy atom. The van der Waals surface area contributed by atoms with Gasteiger partial charge in [-0.2, -0.15) is 0 Å². The third-order valence-electron chi connectivity index (χ3n) is 2.56. The monoisotopic (exact) mass is 309 g/mol. The number of pyridine rings is 1. The second kappa shape index (κ2) is 5.46. The lowest BCUT2D eigenvalue weighted by molar-refractivity contribution is -0.388. The zero-order valence-corrected chi connectivity index (χ0v) is 11.7. The van der Waals surface area contributed by atoms with E-state index in [4.69, 9.17) is 9.88 Å². The first-order valence-corrected chi connectivity index (χ1v) is 7.24. The number of aromatic nitrogens is 1. The van der Waals surface area contributed by atoms with E-state index in [9.17, 15) is 18.5 Å². The average molecular weight is 309 g/mol. The number of primary sulfonamides is 1. The van der Waals surface area contributed by atoms with E-state index < -0.39 is 25.5 Å². The summed E-state index contributed by atoms with van der Waals surface area (Å²) in [5, 5.41) is 16.1. The van der Waals surface area contributed by atoms with Gasteiger partial charge in [-0.1, -0.05) is 6.07 Å². The number of sulfonamides is 1. The zero-order valence-electron chi connectivity index (χ0n) is 10.9. The van der Waals surface area contributed by atoms with Crippen LogP contribution in [-0.4, -0.2) is 18.3 Å².